The number of ether oxygens (including phenoxy) is 1. The van der Waals surface area contributed by atoms with Crippen molar-refractivity contribution in [1.29, 1.82) is 0 Å². The molecule has 0 aliphatic heterocycles. The number of carbonyl (C=O) groups excluding carboxylic acids is 3. The number of hydrogen-bond donors (Lipinski definition) is 2. The zero-order valence-corrected chi connectivity index (χ0v) is 18.9. The fraction of sp³-hybridized carbons (Fsp3) is 0.286. The molecule has 0 atom stereocenters. The smallest absolute Gasteiger partial charge is 0.325 e. The molecule has 2 aromatic rings. The highest BCUT2D eigenvalue weighted by Gasteiger charge is 2.16. The first-order chi connectivity index (χ1) is 14.0. The van der Waals surface area contributed by atoms with Crippen molar-refractivity contribution < 1.29 is 19.1 Å². The second kappa shape index (κ2) is 10.2. The number of hydrogen-bond acceptors (Lipinski definition) is 4. The second-order valence-corrected chi connectivity index (χ2v) is 8.71. The van der Waals surface area contributed by atoms with Crippen molar-refractivity contribution in [2.75, 3.05) is 18.5 Å². The molecular formula is C21H21Cl3N2O4. The van der Waals surface area contributed by atoms with Crippen LogP contribution in [0, 0.1) is 0 Å². The largest absolute Gasteiger partial charge is 0.454 e. The average Bonchev–Trinajstić information content (AvgIpc) is 2.66. The van der Waals surface area contributed by atoms with Gasteiger partial charge in [0.05, 0.1) is 15.7 Å². The molecule has 0 fully saturated rings. The molecule has 0 aliphatic rings. The van der Waals surface area contributed by atoms with Gasteiger partial charge in [-0.05, 0) is 35.2 Å². The molecular weight excluding hydrogens is 451 g/mol. The van der Waals surface area contributed by atoms with E-state index in [1.807, 2.05) is 12.1 Å². The number of anilines is 1. The van der Waals surface area contributed by atoms with E-state index in [1.165, 1.54) is 12.1 Å². The van der Waals surface area contributed by atoms with Crippen LogP contribution in [-0.4, -0.2) is 30.9 Å². The molecule has 160 valence electrons. The Hall–Kier alpha value is -2.28. The van der Waals surface area contributed by atoms with Gasteiger partial charge in [-0.1, -0.05) is 67.7 Å². The summed E-state index contributed by atoms with van der Waals surface area (Å²) in [4.78, 5) is 35.9. The Labute approximate surface area is 189 Å². The van der Waals surface area contributed by atoms with Gasteiger partial charge in [-0.15, -0.1) is 0 Å². The molecule has 0 spiro atoms. The molecule has 30 heavy (non-hydrogen) atoms. The lowest BCUT2D eigenvalue weighted by Gasteiger charge is -2.19. The SMILES string of the molecule is CC(C)(C)c1ccc(C(=O)NCC(=O)OCC(=O)Nc2c(Cl)cc(Cl)cc2Cl)cc1. The van der Waals surface area contributed by atoms with Gasteiger partial charge < -0.3 is 15.4 Å². The minimum atomic E-state index is -0.766. The van der Waals surface area contributed by atoms with Crippen LogP contribution in [0.3, 0.4) is 0 Å². The van der Waals surface area contributed by atoms with E-state index < -0.39 is 24.4 Å². The van der Waals surface area contributed by atoms with Crippen LogP contribution in [0.2, 0.25) is 15.1 Å². The van der Waals surface area contributed by atoms with E-state index in [-0.39, 0.29) is 27.7 Å². The van der Waals surface area contributed by atoms with Gasteiger partial charge in [0.25, 0.3) is 11.8 Å². The zero-order chi connectivity index (χ0) is 22.5. The quantitative estimate of drug-likeness (QED) is 0.590. The molecule has 0 aliphatic carbocycles. The third-order valence-electron chi connectivity index (χ3n) is 4.04. The summed E-state index contributed by atoms with van der Waals surface area (Å²) in [7, 11) is 0. The van der Waals surface area contributed by atoms with Crippen molar-refractivity contribution >= 4 is 58.3 Å². The van der Waals surface area contributed by atoms with Crippen molar-refractivity contribution in [1.82, 2.24) is 5.32 Å². The maximum absolute atomic E-state index is 12.2. The van der Waals surface area contributed by atoms with E-state index in [0.29, 0.717) is 10.6 Å². The van der Waals surface area contributed by atoms with Gasteiger partial charge in [-0.2, -0.15) is 0 Å². The fourth-order valence-corrected chi connectivity index (χ4v) is 3.32. The Morgan fingerprint density at radius 1 is 0.967 bits per heavy atom. The monoisotopic (exact) mass is 470 g/mol. The second-order valence-electron chi connectivity index (χ2n) is 7.46. The van der Waals surface area contributed by atoms with Gasteiger partial charge in [-0.25, -0.2) is 0 Å². The van der Waals surface area contributed by atoms with Crippen molar-refractivity contribution in [2.45, 2.75) is 26.2 Å². The van der Waals surface area contributed by atoms with E-state index >= 15 is 0 Å². The third-order valence-corrected chi connectivity index (χ3v) is 4.86. The number of nitrogens with one attached hydrogen (secondary N) is 2. The predicted molar refractivity (Wildman–Crippen MR) is 119 cm³/mol. The number of rotatable bonds is 6. The standard InChI is InChI=1S/C21H21Cl3N2O4/c1-21(2,3)13-6-4-12(5-7-13)20(29)25-10-18(28)30-11-17(27)26-19-15(23)8-14(22)9-16(19)24/h4-9H,10-11H2,1-3H3,(H,25,29)(H,26,27). The Kier molecular flexibility index (Phi) is 8.12. The lowest BCUT2D eigenvalue weighted by molar-refractivity contribution is -0.146. The number of esters is 1. The number of amides is 2. The minimum absolute atomic E-state index is 0.0279. The average molecular weight is 472 g/mol. The Balaban J connectivity index is 1.81. The van der Waals surface area contributed by atoms with Crippen LogP contribution < -0.4 is 10.6 Å². The zero-order valence-electron chi connectivity index (χ0n) is 16.6. The van der Waals surface area contributed by atoms with Crippen LogP contribution in [0.4, 0.5) is 5.69 Å². The molecule has 0 saturated heterocycles. The Bertz CT molecular complexity index is 931. The van der Waals surface area contributed by atoms with Crippen molar-refractivity contribution in [2.24, 2.45) is 0 Å². The highest BCUT2D eigenvalue weighted by molar-refractivity contribution is 6.42. The van der Waals surface area contributed by atoms with Gasteiger partial charge in [-0.3, -0.25) is 14.4 Å². The van der Waals surface area contributed by atoms with Gasteiger partial charge in [0.1, 0.15) is 6.54 Å². The molecule has 0 radical (unpaired) electrons. The van der Waals surface area contributed by atoms with Crippen LogP contribution in [-0.2, 0) is 19.7 Å². The summed E-state index contributed by atoms with van der Waals surface area (Å²) in [5.74, 6) is -1.83. The van der Waals surface area contributed by atoms with Crippen molar-refractivity contribution in [3.63, 3.8) is 0 Å². The fourth-order valence-electron chi connectivity index (χ4n) is 2.41. The van der Waals surface area contributed by atoms with Crippen LogP contribution in [0.15, 0.2) is 36.4 Å². The van der Waals surface area contributed by atoms with E-state index in [4.69, 9.17) is 39.5 Å². The van der Waals surface area contributed by atoms with E-state index in [9.17, 15) is 14.4 Å². The first-order valence-corrected chi connectivity index (χ1v) is 10.1. The molecule has 0 aromatic heterocycles. The summed E-state index contributed by atoms with van der Waals surface area (Å²) < 4.78 is 4.85. The molecule has 0 heterocycles. The minimum Gasteiger partial charge on any atom is -0.454 e. The summed E-state index contributed by atoms with van der Waals surface area (Å²) >= 11 is 17.8. The van der Waals surface area contributed by atoms with Gasteiger partial charge in [0.2, 0.25) is 0 Å². The molecule has 0 saturated carbocycles. The van der Waals surface area contributed by atoms with Crippen molar-refractivity contribution in [3.8, 4) is 0 Å². The normalized spacial score (nSPS) is 11.0. The van der Waals surface area contributed by atoms with Gasteiger partial charge in [0.15, 0.2) is 6.61 Å². The van der Waals surface area contributed by atoms with E-state index in [0.717, 1.165) is 5.56 Å². The third kappa shape index (κ3) is 6.90. The van der Waals surface area contributed by atoms with Crippen LogP contribution in [0.1, 0.15) is 36.7 Å². The lowest BCUT2D eigenvalue weighted by Crippen LogP contribution is -2.32. The highest BCUT2D eigenvalue weighted by atomic mass is 35.5. The predicted octanol–water partition coefficient (Wildman–Crippen LogP) is 4.86. The number of carbonyl (C=O) groups is 3. The van der Waals surface area contributed by atoms with Crippen LogP contribution >= 0.6 is 34.8 Å². The molecule has 2 amide bonds. The number of benzene rings is 2. The highest BCUT2D eigenvalue weighted by Crippen LogP contribution is 2.33. The molecule has 0 bridgehead atoms. The molecule has 9 heteroatoms. The lowest BCUT2D eigenvalue weighted by atomic mass is 9.87. The summed E-state index contributed by atoms with van der Waals surface area (Å²) in [5, 5.41) is 5.51. The molecule has 2 rings (SSSR count). The maximum atomic E-state index is 12.2. The molecule has 2 aromatic carbocycles. The summed E-state index contributed by atoms with van der Waals surface area (Å²) in [6.45, 7) is 5.27. The summed E-state index contributed by atoms with van der Waals surface area (Å²) in [5.41, 5.74) is 1.64. The first-order valence-electron chi connectivity index (χ1n) is 8.96. The van der Waals surface area contributed by atoms with Gasteiger partial charge in [0, 0.05) is 10.6 Å². The topological polar surface area (TPSA) is 84.5 Å². The van der Waals surface area contributed by atoms with E-state index in [1.54, 1.807) is 12.1 Å². The molecule has 6 nitrogen and oxygen atoms in total. The summed E-state index contributed by atoms with van der Waals surface area (Å²) in [6, 6.07) is 9.94. The van der Waals surface area contributed by atoms with Gasteiger partial charge >= 0.3 is 5.97 Å². The molecule has 2 N–H and O–H groups in total. The molecule has 0 unspecified atom stereocenters. The van der Waals surface area contributed by atoms with Crippen molar-refractivity contribution in [3.05, 3.63) is 62.6 Å². The maximum Gasteiger partial charge on any atom is 0.325 e. The van der Waals surface area contributed by atoms with E-state index in [2.05, 4.69) is 31.4 Å². The number of halogens is 3. The summed E-state index contributed by atoms with van der Waals surface area (Å²) in [6.07, 6.45) is 0. The van der Waals surface area contributed by atoms with Crippen LogP contribution in [0.5, 0.6) is 0 Å². The van der Waals surface area contributed by atoms with Crippen LogP contribution in [0.25, 0.3) is 0 Å². The Morgan fingerprint density at radius 3 is 2.07 bits per heavy atom. The first kappa shape index (κ1) is 24.0. The Morgan fingerprint density at radius 2 is 1.53 bits per heavy atom.